The van der Waals surface area contributed by atoms with E-state index < -0.39 is 5.91 Å². The number of benzene rings is 3. The summed E-state index contributed by atoms with van der Waals surface area (Å²) < 4.78 is 11.8. The number of thiazole rings is 1. The van der Waals surface area contributed by atoms with Gasteiger partial charge in [-0.3, -0.25) is 4.79 Å². The number of aromatic nitrogens is 3. The molecule has 0 unspecified atom stereocenters. The average Bonchev–Trinajstić information content (AvgIpc) is 3.24. The van der Waals surface area contributed by atoms with Crippen molar-refractivity contribution >= 4 is 49.3 Å². The number of carbonyl (C=O) groups excluding carboxylic acids is 1. The van der Waals surface area contributed by atoms with Crippen molar-refractivity contribution in [1.82, 2.24) is 15.0 Å². The number of carbonyl (C=O) groups is 1. The SMILES string of the molecule is COc1cc2ncnc(Nc3nc4ccc(-c5cc(C)ccc5C(N)=O)cc4s3)c2cc1OC. The first kappa shape index (κ1) is 21.6. The number of aryl methyl sites for hydroxylation is 1. The van der Waals surface area contributed by atoms with Gasteiger partial charge in [0.2, 0.25) is 5.91 Å². The Morgan fingerprint density at radius 2 is 1.76 bits per heavy atom. The van der Waals surface area contributed by atoms with E-state index >= 15 is 0 Å². The highest BCUT2D eigenvalue weighted by molar-refractivity contribution is 7.22. The molecular weight excluding hydrogens is 450 g/mol. The van der Waals surface area contributed by atoms with Crippen molar-refractivity contribution in [2.24, 2.45) is 5.73 Å². The fourth-order valence-corrected chi connectivity index (χ4v) is 4.75. The van der Waals surface area contributed by atoms with E-state index in [1.807, 2.05) is 49.4 Å². The lowest BCUT2D eigenvalue weighted by molar-refractivity contribution is 0.100. The summed E-state index contributed by atoms with van der Waals surface area (Å²) in [6, 6.07) is 15.2. The van der Waals surface area contributed by atoms with Crippen LogP contribution in [0.3, 0.4) is 0 Å². The third-order valence-corrected chi connectivity index (χ3v) is 6.44. The number of nitrogens with zero attached hydrogens (tertiary/aromatic N) is 3. The number of anilines is 2. The van der Waals surface area contributed by atoms with Crippen molar-refractivity contribution < 1.29 is 14.3 Å². The quantitative estimate of drug-likeness (QED) is 0.355. The Balaban J connectivity index is 1.54. The summed E-state index contributed by atoms with van der Waals surface area (Å²) in [7, 11) is 3.17. The van der Waals surface area contributed by atoms with E-state index in [0.29, 0.717) is 28.0 Å². The lowest BCUT2D eigenvalue weighted by Crippen LogP contribution is -2.12. The molecule has 5 aromatic rings. The Morgan fingerprint density at radius 1 is 0.971 bits per heavy atom. The normalized spacial score (nSPS) is 11.0. The molecule has 0 atom stereocenters. The minimum absolute atomic E-state index is 0.454. The van der Waals surface area contributed by atoms with Gasteiger partial charge in [0, 0.05) is 17.0 Å². The summed E-state index contributed by atoms with van der Waals surface area (Å²) in [6.45, 7) is 1.98. The maximum absolute atomic E-state index is 11.9. The molecule has 2 heterocycles. The molecule has 9 heteroatoms. The van der Waals surface area contributed by atoms with Crippen LogP contribution in [0.15, 0.2) is 54.9 Å². The van der Waals surface area contributed by atoms with Gasteiger partial charge >= 0.3 is 0 Å². The first-order chi connectivity index (χ1) is 16.5. The van der Waals surface area contributed by atoms with E-state index in [1.54, 1.807) is 20.3 Å². The van der Waals surface area contributed by atoms with Crippen LogP contribution in [0.2, 0.25) is 0 Å². The van der Waals surface area contributed by atoms with E-state index in [-0.39, 0.29) is 0 Å². The smallest absolute Gasteiger partial charge is 0.249 e. The number of hydrogen-bond acceptors (Lipinski definition) is 8. The van der Waals surface area contributed by atoms with Gasteiger partial charge in [0.15, 0.2) is 16.6 Å². The summed E-state index contributed by atoms with van der Waals surface area (Å²) in [4.78, 5) is 25.4. The molecule has 2 aromatic heterocycles. The fraction of sp³-hybridized carbons (Fsp3) is 0.120. The molecule has 170 valence electrons. The summed E-state index contributed by atoms with van der Waals surface area (Å²) in [5.41, 5.74) is 10.4. The second kappa shape index (κ2) is 8.60. The number of fused-ring (bicyclic) bond motifs is 2. The summed E-state index contributed by atoms with van der Waals surface area (Å²) in [5.74, 6) is 1.34. The zero-order valence-electron chi connectivity index (χ0n) is 18.7. The van der Waals surface area contributed by atoms with Gasteiger partial charge in [-0.25, -0.2) is 15.0 Å². The molecule has 0 fully saturated rings. The Morgan fingerprint density at radius 3 is 2.53 bits per heavy atom. The molecule has 0 radical (unpaired) electrons. The van der Waals surface area contributed by atoms with Crippen LogP contribution in [0.25, 0.3) is 32.2 Å². The maximum atomic E-state index is 11.9. The molecular formula is C25H21N5O3S. The van der Waals surface area contributed by atoms with E-state index in [4.69, 9.17) is 20.2 Å². The van der Waals surface area contributed by atoms with E-state index in [2.05, 4.69) is 15.3 Å². The van der Waals surface area contributed by atoms with Gasteiger partial charge in [-0.15, -0.1) is 0 Å². The Hall–Kier alpha value is -4.24. The van der Waals surface area contributed by atoms with Crippen molar-refractivity contribution in [2.75, 3.05) is 19.5 Å². The Labute approximate surface area is 199 Å². The molecule has 0 saturated heterocycles. The second-order valence-electron chi connectivity index (χ2n) is 7.69. The lowest BCUT2D eigenvalue weighted by Gasteiger charge is -2.11. The topological polar surface area (TPSA) is 112 Å². The van der Waals surface area contributed by atoms with Gasteiger partial charge in [0.05, 0.1) is 30.0 Å². The van der Waals surface area contributed by atoms with Crippen LogP contribution < -0.4 is 20.5 Å². The molecule has 0 saturated carbocycles. The first-order valence-electron chi connectivity index (χ1n) is 10.4. The van der Waals surface area contributed by atoms with Crippen molar-refractivity contribution in [2.45, 2.75) is 6.92 Å². The monoisotopic (exact) mass is 471 g/mol. The molecule has 0 aliphatic rings. The number of ether oxygens (including phenoxy) is 2. The average molecular weight is 472 g/mol. The number of methoxy groups -OCH3 is 2. The van der Waals surface area contributed by atoms with E-state index in [0.717, 1.165) is 37.8 Å². The van der Waals surface area contributed by atoms with Crippen LogP contribution in [0, 0.1) is 6.92 Å². The summed E-state index contributed by atoms with van der Waals surface area (Å²) in [5, 5.41) is 4.77. The van der Waals surface area contributed by atoms with Crippen LogP contribution in [-0.4, -0.2) is 35.1 Å². The standard InChI is InChI=1S/C25H21N5O3S/c1-13-4-6-15(23(26)31)16(8-13)14-5-7-18-22(9-14)34-25(29-18)30-24-17-10-20(32-2)21(33-3)11-19(17)27-12-28-24/h4-12H,1-3H3,(H2,26,31)(H,27,28,29,30). The predicted octanol–water partition coefficient (Wildman–Crippen LogP) is 5.07. The Bertz CT molecular complexity index is 1560. The summed E-state index contributed by atoms with van der Waals surface area (Å²) >= 11 is 1.49. The van der Waals surface area contributed by atoms with Crippen LogP contribution in [0.4, 0.5) is 10.9 Å². The van der Waals surface area contributed by atoms with Crippen molar-refractivity contribution in [3.05, 3.63) is 66.0 Å². The van der Waals surface area contributed by atoms with E-state index in [1.165, 1.54) is 17.7 Å². The number of nitrogens with one attached hydrogen (secondary N) is 1. The van der Waals surface area contributed by atoms with Gasteiger partial charge in [-0.2, -0.15) is 0 Å². The molecule has 1 amide bonds. The molecule has 0 aliphatic heterocycles. The minimum Gasteiger partial charge on any atom is -0.493 e. The molecule has 0 aliphatic carbocycles. The van der Waals surface area contributed by atoms with Gasteiger partial charge in [-0.05, 0) is 42.3 Å². The molecule has 3 N–H and O–H groups in total. The lowest BCUT2D eigenvalue weighted by atomic mass is 9.97. The van der Waals surface area contributed by atoms with Gasteiger partial charge in [-0.1, -0.05) is 35.1 Å². The van der Waals surface area contributed by atoms with Gasteiger partial charge in [0.25, 0.3) is 0 Å². The number of hydrogen-bond donors (Lipinski definition) is 2. The zero-order chi connectivity index (χ0) is 23.8. The number of nitrogens with two attached hydrogens (primary N) is 1. The Kier molecular flexibility index (Phi) is 5.46. The maximum Gasteiger partial charge on any atom is 0.249 e. The van der Waals surface area contributed by atoms with E-state index in [9.17, 15) is 4.79 Å². The highest BCUT2D eigenvalue weighted by atomic mass is 32.1. The van der Waals surface area contributed by atoms with Crippen molar-refractivity contribution in [3.63, 3.8) is 0 Å². The van der Waals surface area contributed by atoms with Gasteiger partial charge in [0.1, 0.15) is 12.1 Å². The van der Waals surface area contributed by atoms with Gasteiger partial charge < -0.3 is 20.5 Å². The fourth-order valence-electron chi connectivity index (χ4n) is 3.84. The highest BCUT2D eigenvalue weighted by Crippen LogP contribution is 2.37. The number of amides is 1. The molecule has 8 nitrogen and oxygen atoms in total. The first-order valence-corrected chi connectivity index (χ1v) is 11.2. The zero-order valence-corrected chi connectivity index (χ0v) is 19.6. The van der Waals surface area contributed by atoms with Crippen LogP contribution in [0.1, 0.15) is 15.9 Å². The number of rotatable bonds is 6. The minimum atomic E-state index is -0.454. The van der Waals surface area contributed by atoms with Crippen LogP contribution in [-0.2, 0) is 0 Å². The highest BCUT2D eigenvalue weighted by Gasteiger charge is 2.15. The largest absolute Gasteiger partial charge is 0.493 e. The molecule has 3 aromatic carbocycles. The number of primary amides is 1. The third kappa shape index (κ3) is 3.86. The third-order valence-electron chi connectivity index (χ3n) is 5.51. The molecule has 34 heavy (non-hydrogen) atoms. The van der Waals surface area contributed by atoms with Crippen LogP contribution in [0.5, 0.6) is 11.5 Å². The van der Waals surface area contributed by atoms with Crippen molar-refractivity contribution in [3.8, 4) is 22.6 Å². The molecule has 0 spiro atoms. The van der Waals surface area contributed by atoms with Crippen LogP contribution >= 0.6 is 11.3 Å². The van der Waals surface area contributed by atoms with Crippen molar-refractivity contribution in [1.29, 1.82) is 0 Å². The molecule has 5 rings (SSSR count). The molecule has 0 bridgehead atoms. The predicted molar refractivity (Wildman–Crippen MR) is 134 cm³/mol. The summed E-state index contributed by atoms with van der Waals surface area (Å²) in [6.07, 6.45) is 1.49. The second-order valence-corrected chi connectivity index (χ2v) is 8.72.